The Bertz CT molecular complexity index is 711. The van der Waals surface area contributed by atoms with E-state index in [9.17, 15) is 26.3 Å². The summed E-state index contributed by atoms with van der Waals surface area (Å²) in [5, 5.41) is 5.73. The Morgan fingerprint density at radius 3 is 1.97 bits per heavy atom. The van der Waals surface area contributed by atoms with Gasteiger partial charge in [-0.05, 0) is 69.2 Å². The van der Waals surface area contributed by atoms with E-state index in [1.165, 1.54) is 6.42 Å². The quantitative estimate of drug-likeness (QED) is 0.446. The van der Waals surface area contributed by atoms with Crippen molar-refractivity contribution in [2.45, 2.75) is 69.4 Å². The second kappa shape index (κ2) is 9.30. The molecule has 1 aliphatic carbocycles. The molecule has 1 aromatic rings. The minimum Gasteiger partial charge on any atom is -0.358 e. The molecule has 1 saturated heterocycles. The molecular weight excluding hydrogens is 428 g/mol. The first-order valence-corrected chi connectivity index (χ1v) is 10.6. The number of hydrogen-bond donors (Lipinski definition) is 2. The second-order valence-electron chi connectivity index (χ2n) is 7.95. The smallest absolute Gasteiger partial charge is 0.358 e. The summed E-state index contributed by atoms with van der Waals surface area (Å²) in [6.07, 6.45) is -2.34. The maximum Gasteiger partial charge on any atom is 0.416 e. The van der Waals surface area contributed by atoms with Gasteiger partial charge in [0.1, 0.15) is 0 Å². The van der Waals surface area contributed by atoms with Crippen molar-refractivity contribution in [2.24, 2.45) is 0 Å². The summed E-state index contributed by atoms with van der Waals surface area (Å²) in [6, 6.07) is 1.68. The molecule has 1 aromatic carbocycles. The molecular formula is C20H25F6N3S. The van der Waals surface area contributed by atoms with Crippen molar-refractivity contribution in [2.75, 3.05) is 18.4 Å². The van der Waals surface area contributed by atoms with Crippen LogP contribution in [0.5, 0.6) is 0 Å². The standard InChI is InChI=1S/C20H25F6N3S/c21-19(22,23)13-10-14(20(24,25)26)12-15(11-13)27-18(30)28-16-6-2-3-7-17(16)29-8-4-1-5-9-29/h10-12,16-17H,1-9H2,(H2,27,28,30). The monoisotopic (exact) mass is 453 g/mol. The van der Waals surface area contributed by atoms with Gasteiger partial charge in [0.05, 0.1) is 11.1 Å². The van der Waals surface area contributed by atoms with E-state index in [1.54, 1.807) is 0 Å². The van der Waals surface area contributed by atoms with E-state index in [1.807, 2.05) is 0 Å². The van der Waals surface area contributed by atoms with E-state index in [0.29, 0.717) is 12.1 Å². The molecule has 30 heavy (non-hydrogen) atoms. The van der Waals surface area contributed by atoms with Crippen LogP contribution in [-0.4, -0.2) is 35.2 Å². The summed E-state index contributed by atoms with van der Waals surface area (Å²) < 4.78 is 78.3. The third-order valence-corrected chi connectivity index (χ3v) is 5.97. The lowest BCUT2D eigenvalue weighted by atomic mass is 9.88. The Kier molecular flexibility index (Phi) is 7.16. The van der Waals surface area contributed by atoms with Gasteiger partial charge in [0, 0.05) is 17.8 Å². The summed E-state index contributed by atoms with van der Waals surface area (Å²) in [7, 11) is 0. The van der Waals surface area contributed by atoms with E-state index in [2.05, 4.69) is 15.5 Å². The van der Waals surface area contributed by atoms with Gasteiger partial charge in [-0.3, -0.25) is 4.90 Å². The SMILES string of the molecule is FC(F)(F)c1cc(NC(=S)NC2CCCCC2N2CCCCC2)cc(C(F)(F)F)c1. The predicted molar refractivity (Wildman–Crippen MR) is 107 cm³/mol. The number of nitrogens with zero attached hydrogens (tertiary/aromatic N) is 1. The molecule has 2 atom stereocenters. The minimum absolute atomic E-state index is 0.0183. The number of thiocarbonyl (C=S) groups is 1. The average molecular weight is 453 g/mol. The molecule has 3 nitrogen and oxygen atoms in total. The Morgan fingerprint density at radius 1 is 0.833 bits per heavy atom. The van der Waals surface area contributed by atoms with Gasteiger partial charge in [-0.2, -0.15) is 26.3 Å². The predicted octanol–water partition coefficient (Wildman–Crippen LogP) is 5.81. The molecule has 2 unspecified atom stereocenters. The molecule has 0 spiro atoms. The van der Waals surface area contributed by atoms with Crippen LogP contribution >= 0.6 is 12.2 Å². The van der Waals surface area contributed by atoms with E-state index in [4.69, 9.17) is 12.2 Å². The Labute approximate surface area is 177 Å². The first kappa shape index (κ1) is 23.1. The van der Waals surface area contributed by atoms with Gasteiger partial charge in [-0.25, -0.2) is 0 Å². The van der Waals surface area contributed by atoms with E-state index in [0.717, 1.165) is 51.6 Å². The van der Waals surface area contributed by atoms with Gasteiger partial charge in [0.15, 0.2) is 5.11 Å². The topological polar surface area (TPSA) is 27.3 Å². The van der Waals surface area contributed by atoms with Crippen molar-refractivity contribution < 1.29 is 26.3 Å². The van der Waals surface area contributed by atoms with Gasteiger partial charge in [-0.1, -0.05) is 19.3 Å². The molecule has 1 aliphatic heterocycles. The lowest BCUT2D eigenvalue weighted by Gasteiger charge is -2.42. The summed E-state index contributed by atoms with van der Waals surface area (Å²) in [5.41, 5.74) is -3.07. The van der Waals surface area contributed by atoms with Crippen molar-refractivity contribution >= 4 is 23.0 Å². The molecule has 0 bridgehead atoms. The van der Waals surface area contributed by atoms with Crippen molar-refractivity contribution in [1.29, 1.82) is 0 Å². The molecule has 2 N–H and O–H groups in total. The van der Waals surface area contributed by atoms with Crippen LogP contribution in [0.15, 0.2) is 18.2 Å². The highest BCUT2D eigenvalue weighted by Gasteiger charge is 2.37. The number of likely N-dealkylation sites (tertiary alicyclic amines) is 1. The van der Waals surface area contributed by atoms with Gasteiger partial charge in [-0.15, -0.1) is 0 Å². The van der Waals surface area contributed by atoms with Crippen molar-refractivity contribution in [1.82, 2.24) is 10.2 Å². The van der Waals surface area contributed by atoms with E-state index in [-0.39, 0.29) is 28.9 Å². The molecule has 10 heteroatoms. The number of alkyl halides is 6. The van der Waals surface area contributed by atoms with E-state index < -0.39 is 23.5 Å². The normalized spacial score (nSPS) is 23.8. The minimum atomic E-state index is -4.89. The number of anilines is 1. The van der Waals surface area contributed by atoms with Crippen LogP contribution in [0.4, 0.5) is 32.0 Å². The molecule has 0 aromatic heterocycles. The van der Waals surface area contributed by atoms with Crippen LogP contribution in [0.2, 0.25) is 0 Å². The van der Waals surface area contributed by atoms with Crippen LogP contribution in [0, 0.1) is 0 Å². The largest absolute Gasteiger partial charge is 0.416 e. The van der Waals surface area contributed by atoms with Gasteiger partial charge in [0.25, 0.3) is 0 Å². The third kappa shape index (κ3) is 6.00. The van der Waals surface area contributed by atoms with Crippen LogP contribution in [0.3, 0.4) is 0 Å². The molecule has 3 rings (SSSR count). The average Bonchev–Trinajstić information content (AvgIpc) is 2.67. The van der Waals surface area contributed by atoms with Crippen LogP contribution in [-0.2, 0) is 12.4 Å². The number of benzene rings is 1. The maximum atomic E-state index is 13.1. The van der Waals surface area contributed by atoms with Crippen molar-refractivity contribution in [3.05, 3.63) is 29.3 Å². The molecule has 0 radical (unpaired) electrons. The number of hydrogen-bond acceptors (Lipinski definition) is 2. The van der Waals surface area contributed by atoms with Crippen molar-refractivity contribution in [3.8, 4) is 0 Å². The van der Waals surface area contributed by atoms with Crippen LogP contribution in [0.1, 0.15) is 56.1 Å². The van der Waals surface area contributed by atoms with Gasteiger partial charge >= 0.3 is 12.4 Å². The first-order chi connectivity index (χ1) is 14.0. The third-order valence-electron chi connectivity index (χ3n) is 5.75. The lowest BCUT2D eigenvalue weighted by molar-refractivity contribution is -0.143. The van der Waals surface area contributed by atoms with Gasteiger partial charge < -0.3 is 10.6 Å². The number of piperidine rings is 1. The fourth-order valence-electron chi connectivity index (χ4n) is 4.33. The van der Waals surface area contributed by atoms with E-state index >= 15 is 0 Å². The summed E-state index contributed by atoms with van der Waals surface area (Å²) in [5.74, 6) is 0. The molecule has 2 aliphatic rings. The second-order valence-corrected chi connectivity index (χ2v) is 8.36. The highest BCUT2D eigenvalue weighted by molar-refractivity contribution is 7.80. The fourth-order valence-corrected chi connectivity index (χ4v) is 4.60. The molecule has 0 amide bonds. The van der Waals surface area contributed by atoms with Crippen LogP contribution < -0.4 is 10.6 Å². The first-order valence-electron chi connectivity index (χ1n) is 10.1. The van der Waals surface area contributed by atoms with Gasteiger partial charge in [0.2, 0.25) is 0 Å². The Balaban J connectivity index is 1.73. The highest BCUT2D eigenvalue weighted by Crippen LogP contribution is 2.37. The maximum absolute atomic E-state index is 13.1. The van der Waals surface area contributed by atoms with Crippen molar-refractivity contribution in [3.63, 3.8) is 0 Å². The number of halogens is 6. The fraction of sp³-hybridized carbons (Fsp3) is 0.650. The zero-order chi connectivity index (χ0) is 21.9. The highest BCUT2D eigenvalue weighted by atomic mass is 32.1. The summed E-state index contributed by atoms with van der Waals surface area (Å²) in [6.45, 7) is 2.01. The summed E-state index contributed by atoms with van der Waals surface area (Å²) in [4.78, 5) is 2.43. The zero-order valence-corrected chi connectivity index (χ0v) is 17.2. The number of nitrogens with one attached hydrogen (secondary N) is 2. The molecule has 1 heterocycles. The molecule has 1 saturated carbocycles. The molecule has 168 valence electrons. The Morgan fingerprint density at radius 2 is 1.40 bits per heavy atom. The summed E-state index contributed by atoms with van der Waals surface area (Å²) >= 11 is 5.24. The lowest BCUT2D eigenvalue weighted by Crippen LogP contribution is -2.55. The molecule has 2 fully saturated rings. The number of rotatable bonds is 3. The zero-order valence-electron chi connectivity index (χ0n) is 16.4. The van der Waals surface area contributed by atoms with Crippen LogP contribution in [0.25, 0.3) is 0 Å². The Hall–Kier alpha value is -1.55.